The number of imidazole rings is 1. The highest BCUT2D eigenvalue weighted by Gasteiger charge is 2.06. The Balaban J connectivity index is 2.36. The van der Waals surface area contributed by atoms with Gasteiger partial charge >= 0.3 is 0 Å². The van der Waals surface area contributed by atoms with Crippen LogP contribution in [0.4, 0.5) is 0 Å². The summed E-state index contributed by atoms with van der Waals surface area (Å²) >= 11 is 0. The van der Waals surface area contributed by atoms with Crippen molar-refractivity contribution in [3.8, 4) is 23.8 Å². The number of para-hydroxylation sites is 2. The second-order valence-corrected chi connectivity index (χ2v) is 3.36. The van der Waals surface area contributed by atoms with E-state index in [1.807, 2.05) is 42.0 Å². The predicted octanol–water partition coefficient (Wildman–Crippen LogP) is 2.27. The van der Waals surface area contributed by atoms with Crippen LogP contribution >= 0.6 is 0 Å². The Hall–Kier alpha value is -2.21. The quantitative estimate of drug-likeness (QED) is 0.730. The first kappa shape index (κ1) is 10.3. The molecule has 0 aliphatic heterocycles. The van der Waals surface area contributed by atoms with Crippen molar-refractivity contribution in [1.29, 1.82) is 0 Å². The molecular weight excluding hydrogens is 200 g/mol. The monoisotopic (exact) mass is 212 g/mol. The Morgan fingerprint density at radius 1 is 1.44 bits per heavy atom. The van der Waals surface area contributed by atoms with Crippen LogP contribution in [0, 0.1) is 12.3 Å². The molecule has 0 fully saturated rings. The molecule has 1 heterocycles. The van der Waals surface area contributed by atoms with Crippen molar-refractivity contribution < 1.29 is 4.74 Å². The van der Waals surface area contributed by atoms with E-state index >= 15 is 0 Å². The van der Waals surface area contributed by atoms with E-state index in [-0.39, 0.29) is 6.10 Å². The molecule has 0 aliphatic rings. The molecule has 2 rings (SSSR count). The van der Waals surface area contributed by atoms with E-state index in [1.54, 1.807) is 12.5 Å². The zero-order valence-electron chi connectivity index (χ0n) is 9.00. The van der Waals surface area contributed by atoms with Crippen LogP contribution < -0.4 is 4.74 Å². The van der Waals surface area contributed by atoms with E-state index in [0.29, 0.717) is 0 Å². The van der Waals surface area contributed by atoms with Crippen LogP contribution in [0.1, 0.15) is 6.92 Å². The average Bonchev–Trinajstić information content (AvgIpc) is 2.83. The minimum Gasteiger partial charge on any atom is -0.476 e. The summed E-state index contributed by atoms with van der Waals surface area (Å²) in [6, 6.07) is 7.71. The average molecular weight is 212 g/mol. The van der Waals surface area contributed by atoms with Gasteiger partial charge in [-0.25, -0.2) is 4.98 Å². The zero-order valence-corrected chi connectivity index (χ0v) is 9.00. The van der Waals surface area contributed by atoms with Crippen LogP contribution in [0.3, 0.4) is 0 Å². The third kappa shape index (κ3) is 2.06. The number of rotatable bonds is 3. The lowest BCUT2D eigenvalue weighted by Crippen LogP contribution is -2.10. The summed E-state index contributed by atoms with van der Waals surface area (Å²) < 4.78 is 7.52. The van der Waals surface area contributed by atoms with Crippen molar-refractivity contribution >= 4 is 0 Å². The van der Waals surface area contributed by atoms with E-state index in [1.165, 1.54) is 0 Å². The molecule has 3 nitrogen and oxygen atoms in total. The third-order valence-corrected chi connectivity index (χ3v) is 2.19. The van der Waals surface area contributed by atoms with Crippen LogP contribution in [-0.2, 0) is 0 Å². The summed E-state index contributed by atoms with van der Waals surface area (Å²) in [5.41, 5.74) is 0.933. The number of benzene rings is 1. The van der Waals surface area contributed by atoms with Crippen LogP contribution in [0.15, 0.2) is 43.0 Å². The maximum Gasteiger partial charge on any atom is 0.156 e. The summed E-state index contributed by atoms with van der Waals surface area (Å²) in [5, 5.41) is 0. The standard InChI is InChI=1S/C13H12N2O/c1-3-11(2)16-13-7-5-4-6-12(13)15-9-8-14-10-15/h1,4-11H,2H3. The number of nitrogens with zero attached hydrogens (tertiary/aromatic N) is 2. The number of hydrogen-bond acceptors (Lipinski definition) is 2. The Morgan fingerprint density at radius 3 is 2.94 bits per heavy atom. The summed E-state index contributed by atoms with van der Waals surface area (Å²) in [7, 11) is 0. The Morgan fingerprint density at radius 2 is 2.25 bits per heavy atom. The molecule has 1 atom stereocenters. The molecule has 1 aromatic heterocycles. The molecule has 16 heavy (non-hydrogen) atoms. The van der Waals surface area contributed by atoms with Gasteiger partial charge in [-0.3, -0.25) is 0 Å². The molecule has 2 aromatic rings. The normalized spacial score (nSPS) is 11.8. The molecular formula is C13H12N2O. The van der Waals surface area contributed by atoms with E-state index in [4.69, 9.17) is 11.2 Å². The molecule has 80 valence electrons. The molecule has 0 saturated carbocycles. The van der Waals surface area contributed by atoms with Gasteiger partial charge in [0.25, 0.3) is 0 Å². The van der Waals surface area contributed by atoms with Gasteiger partial charge in [-0.1, -0.05) is 18.1 Å². The first-order chi connectivity index (χ1) is 7.81. The van der Waals surface area contributed by atoms with Gasteiger partial charge in [0.05, 0.1) is 12.0 Å². The largest absolute Gasteiger partial charge is 0.476 e. The molecule has 0 spiro atoms. The first-order valence-corrected chi connectivity index (χ1v) is 5.01. The summed E-state index contributed by atoms with van der Waals surface area (Å²) in [6.07, 6.45) is 10.4. The highest BCUT2D eigenvalue weighted by Crippen LogP contribution is 2.22. The van der Waals surface area contributed by atoms with E-state index in [2.05, 4.69) is 10.9 Å². The van der Waals surface area contributed by atoms with E-state index < -0.39 is 0 Å². The molecule has 0 N–H and O–H groups in total. The third-order valence-electron chi connectivity index (χ3n) is 2.19. The van der Waals surface area contributed by atoms with Gasteiger partial charge < -0.3 is 9.30 Å². The van der Waals surface area contributed by atoms with Gasteiger partial charge in [0.1, 0.15) is 5.75 Å². The van der Waals surface area contributed by atoms with Crippen molar-refractivity contribution in [3.63, 3.8) is 0 Å². The Labute approximate surface area is 94.7 Å². The lowest BCUT2D eigenvalue weighted by atomic mass is 10.3. The van der Waals surface area contributed by atoms with Gasteiger partial charge in [-0.15, -0.1) is 6.42 Å². The van der Waals surface area contributed by atoms with Crippen LogP contribution in [0.2, 0.25) is 0 Å². The van der Waals surface area contributed by atoms with E-state index in [0.717, 1.165) is 11.4 Å². The van der Waals surface area contributed by atoms with Crippen LogP contribution in [0.25, 0.3) is 5.69 Å². The number of aromatic nitrogens is 2. The predicted molar refractivity (Wildman–Crippen MR) is 62.5 cm³/mol. The summed E-state index contributed by atoms with van der Waals surface area (Å²) in [6.45, 7) is 1.84. The fourth-order valence-electron chi connectivity index (χ4n) is 1.40. The molecule has 1 unspecified atom stereocenters. The second kappa shape index (κ2) is 4.54. The molecule has 3 heteroatoms. The highest BCUT2D eigenvalue weighted by molar-refractivity contribution is 5.46. The van der Waals surface area contributed by atoms with Crippen molar-refractivity contribution in [3.05, 3.63) is 43.0 Å². The lowest BCUT2D eigenvalue weighted by Gasteiger charge is -2.13. The van der Waals surface area contributed by atoms with Crippen LogP contribution in [0.5, 0.6) is 5.75 Å². The molecule has 0 aliphatic carbocycles. The molecule has 0 bridgehead atoms. The minimum absolute atomic E-state index is 0.246. The zero-order chi connectivity index (χ0) is 11.4. The minimum atomic E-state index is -0.246. The SMILES string of the molecule is C#CC(C)Oc1ccccc1-n1ccnc1. The van der Waals surface area contributed by atoms with Crippen molar-refractivity contribution in [1.82, 2.24) is 9.55 Å². The highest BCUT2D eigenvalue weighted by atomic mass is 16.5. The first-order valence-electron chi connectivity index (χ1n) is 5.01. The fourth-order valence-corrected chi connectivity index (χ4v) is 1.40. The maximum absolute atomic E-state index is 5.63. The van der Waals surface area contributed by atoms with Gasteiger partial charge in [-0.2, -0.15) is 0 Å². The number of ether oxygens (including phenoxy) is 1. The summed E-state index contributed by atoms with van der Waals surface area (Å²) in [4.78, 5) is 4.01. The Kier molecular flexibility index (Phi) is 2.93. The van der Waals surface area contributed by atoms with Gasteiger partial charge in [-0.05, 0) is 19.1 Å². The van der Waals surface area contributed by atoms with Gasteiger partial charge in [0.15, 0.2) is 6.10 Å². The van der Waals surface area contributed by atoms with Crippen molar-refractivity contribution in [2.45, 2.75) is 13.0 Å². The maximum atomic E-state index is 5.63. The van der Waals surface area contributed by atoms with E-state index in [9.17, 15) is 0 Å². The molecule has 0 saturated heterocycles. The van der Waals surface area contributed by atoms with Crippen molar-refractivity contribution in [2.24, 2.45) is 0 Å². The molecule has 1 aromatic carbocycles. The van der Waals surface area contributed by atoms with Crippen LogP contribution in [-0.4, -0.2) is 15.7 Å². The second-order valence-electron chi connectivity index (χ2n) is 3.36. The fraction of sp³-hybridized carbons (Fsp3) is 0.154. The van der Waals surface area contributed by atoms with Crippen molar-refractivity contribution in [2.75, 3.05) is 0 Å². The molecule has 0 radical (unpaired) electrons. The van der Waals surface area contributed by atoms with Gasteiger partial charge in [0, 0.05) is 12.4 Å². The number of hydrogen-bond donors (Lipinski definition) is 0. The topological polar surface area (TPSA) is 27.1 Å². The Bertz CT molecular complexity index is 497. The molecule has 0 amide bonds. The smallest absolute Gasteiger partial charge is 0.156 e. The summed E-state index contributed by atoms with van der Waals surface area (Å²) in [5.74, 6) is 3.29. The lowest BCUT2D eigenvalue weighted by molar-refractivity contribution is 0.278. The number of terminal acetylenes is 1. The van der Waals surface area contributed by atoms with Gasteiger partial charge in [0.2, 0.25) is 0 Å².